The zero-order valence-electron chi connectivity index (χ0n) is 17.8. The molecule has 1 saturated heterocycles. The highest BCUT2D eigenvalue weighted by Gasteiger charge is 2.49. The lowest BCUT2D eigenvalue weighted by atomic mass is 9.66. The van der Waals surface area contributed by atoms with Gasteiger partial charge in [-0.2, -0.15) is 0 Å². The van der Waals surface area contributed by atoms with E-state index in [1.165, 1.54) is 12.1 Å². The SMILES string of the molecule is Cc1ccc(NC(=O)CN2CC[C@]3(O)CCCC[C@H]3[C@@H]2c2ccc(F)cc2)c(C)c1. The van der Waals surface area contributed by atoms with E-state index in [0.29, 0.717) is 13.0 Å². The van der Waals surface area contributed by atoms with E-state index in [2.05, 4.69) is 16.3 Å². The first-order valence-electron chi connectivity index (χ1n) is 10.9. The van der Waals surface area contributed by atoms with Gasteiger partial charge < -0.3 is 10.4 Å². The topological polar surface area (TPSA) is 52.6 Å². The van der Waals surface area contributed by atoms with Crippen molar-refractivity contribution >= 4 is 11.6 Å². The maximum absolute atomic E-state index is 13.6. The second-order valence-corrected chi connectivity index (χ2v) is 9.04. The minimum absolute atomic E-state index is 0.0550. The molecule has 2 aromatic rings. The fraction of sp³-hybridized carbons (Fsp3) is 0.480. The summed E-state index contributed by atoms with van der Waals surface area (Å²) in [6, 6.07) is 12.4. The largest absolute Gasteiger partial charge is 0.389 e. The number of piperidine rings is 1. The van der Waals surface area contributed by atoms with Crippen LogP contribution in [-0.2, 0) is 4.79 Å². The van der Waals surface area contributed by atoms with Crippen molar-refractivity contribution in [2.45, 2.75) is 57.6 Å². The van der Waals surface area contributed by atoms with Gasteiger partial charge in [0.1, 0.15) is 5.82 Å². The van der Waals surface area contributed by atoms with E-state index in [9.17, 15) is 14.3 Å². The number of likely N-dealkylation sites (tertiary alicyclic amines) is 1. The first-order chi connectivity index (χ1) is 14.4. The summed E-state index contributed by atoms with van der Waals surface area (Å²) in [6.07, 6.45) is 4.52. The van der Waals surface area contributed by atoms with Crippen molar-refractivity contribution < 1.29 is 14.3 Å². The first-order valence-corrected chi connectivity index (χ1v) is 10.9. The maximum Gasteiger partial charge on any atom is 0.238 e. The highest BCUT2D eigenvalue weighted by atomic mass is 19.1. The molecule has 4 rings (SSSR count). The van der Waals surface area contributed by atoms with E-state index in [0.717, 1.165) is 48.1 Å². The zero-order valence-corrected chi connectivity index (χ0v) is 17.8. The number of hydrogen-bond donors (Lipinski definition) is 2. The number of aryl methyl sites for hydroxylation is 2. The standard InChI is InChI=1S/C25H31FN2O2/c1-17-6-11-22(18(2)15-17)27-23(29)16-28-14-13-25(30)12-4-3-5-21(25)24(28)19-7-9-20(26)10-8-19/h6-11,15,21,24,30H,3-5,12-14,16H2,1-2H3,(H,27,29)/t21-,24-,25+/m0/s1. The predicted molar refractivity (Wildman–Crippen MR) is 117 cm³/mol. The second-order valence-electron chi connectivity index (χ2n) is 9.04. The molecule has 0 aromatic heterocycles. The summed E-state index contributed by atoms with van der Waals surface area (Å²) in [5.41, 5.74) is 3.31. The molecule has 1 saturated carbocycles. The highest BCUT2D eigenvalue weighted by molar-refractivity contribution is 5.93. The summed E-state index contributed by atoms with van der Waals surface area (Å²) < 4.78 is 13.6. The van der Waals surface area contributed by atoms with Crippen LogP contribution in [0.4, 0.5) is 10.1 Å². The quantitative estimate of drug-likeness (QED) is 0.765. The van der Waals surface area contributed by atoms with E-state index < -0.39 is 5.60 Å². The van der Waals surface area contributed by atoms with Crippen LogP contribution in [0.15, 0.2) is 42.5 Å². The average molecular weight is 411 g/mol. The number of halogens is 1. The maximum atomic E-state index is 13.6. The van der Waals surface area contributed by atoms with Gasteiger partial charge >= 0.3 is 0 Å². The fourth-order valence-corrected chi connectivity index (χ4v) is 5.35. The minimum Gasteiger partial charge on any atom is -0.389 e. The molecule has 2 fully saturated rings. The van der Waals surface area contributed by atoms with Crippen molar-refractivity contribution in [1.82, 2.24) is 4.90 Å². The third-order valence-corrected chi connectivity index (χ3v) is 6.89. The van der Waals surface area contributed by atoms with Gasteiger partial charge in [-0.15, -0.1) is 0 Å². The van der Waals surface area contributed by atoms with Crippen LogP contribution in [0.5, 0.6) is 0 Å². The number of aliphatic hydroxyl groups is 1. The number of nitrogens with one attached hydrogen (secondary N) is 1. The minimum atomic E-state index is -0.697. The molecule has 5 heteroatoms. The summed E-state index contributed by atoms with van der Waals surface area (Å²) >= 11 is 0. The van der Waals surface area contributed by atoms with E-state index in [1.54, 1.807) is 12.1 Å². The van der Waals surface area contributed by atoms with Crippen LogP contribution in [0, 0.1) is 25.6 Å². The van der Waals surface area contributed by atoms with Crippen LogP contribution in [0.3, 0.4) is 0 Å². The molecule has 2 N–H and O–H groups in total. The summed E-state index contributed by atoms with van der Waals surface area (Å²) in [5.74, 6) is -0.276. The van der Waals surface area contributed by atoms with Gasteiger partial charge in [0.25, 0.3) is 0 Å². The number of carbonyl (C=O) groups excluding carboxylic acids is 1. The molecule has 1 amide bonds. The van der Waals surface area contributed by atoms with Crippen LogP contribution in [0.1, 0.15) is 54.8 Å². The van der Waals surface area contributed by atoms with Crippen molar-refractivity contribution in [3.63, 3.8) is 0 Å². The molecule has 2 aromatic carbocycles. The Labute approximate surface area is 178 Å². The number of carbonyl (C=O) groups is 1. The number of rotatable bonds is 4. The average Bonchev–Trinajstić information content (AvgIpc) is 2.71. The molecule has 1 aliphatic heterocycles. The Morgan fingerprint density at radius 1 is 1.17 bits per heavy atom. The predicted octanol–water partition coefficient (Wildman–Crippen LogP) is 4.75. The van der Waals surface area contributed by atoms with E-state index in [4.69, 9.17) is 0 Å². The van der Waals surface area contributed by atoms with Gasteiger partial charge in [0.05, 0.1) is 12.1 Å². The number of hydrogen-bond acceptors (Lipinski definition) is 3. The third-order valence-electron chi connectivity index (χ3n) is 6.89. The number of amides is 1. The molecule has 0 spiro atoms. The monoisotopic (exact) mass is 410 g/mol. The molecule has 0 unspecified atom stereocenters. The number of nitrogens with zero attached hydrogens (tertiary/aromatic N) is 1. The molecule has 160 valence electrons. The van der Waals surface area contributed by atoms with Crippen molar-refractivity contribution in [1.29, 1.82) is 0 Å². The lowest BCUT2D eigenvalue weighted by Crippen LogP contribution is -2.56. The molecule has 2 aliphatic rings. The number of fused-ring (bicyclic) bond motifs is 1. The number of anilines is 1. The molecule has 0 bridgehead atoms. The van der Waals surface area contributed by atoms with Gasteiger partial charge in [-0.25, -0.2) is 4.39 Å². The summed E-state index contributed by atoms with van der Waals surface area (Å²) in [7, 11) is 0. The second kappa shape index (κ2) is 8.48. The van der Waals surface area contributed by atoms with Crippen molar-refractivity contribution in [3.8, 4) is 0 Å². The summed E-state index contributed by atoms with van der Waals surface area (Å²) in [6.45, 7) is 4.93. The molecule has 4 nitrogen and oxygen atoms in total. The Morgan fingerprint density at radius 3 is 2.67 bits per heavy atom. The molecule has 30 heavy (non-hydrogen) atoms. The van der Waals surface area contributed by atoms with Gasteiger partial charge in [0, 0.05) is 24.2 Å². The van der Waals surface area contributed by atoms with Crippen LogP contribution in [0.2, 0.25) is 0 Å². The molecule has 3 atom stereocenters. The van der Waals surface area contributed by atoms with Gasteiger partial charge in [0.15, 0.2) is 0 Å². The van der Waals surface area contributed by atoms with Gasteiger partial charge in [-0.1, -0.05) is 42.7 Å². The summed E-state index contributed by atoms with van der Waals surface area (Å²) in [5, 5.41) is 14.4. The molecule has 0 radical (unpaired) electrons. The van der Waals surface area contributed by atoms with E-state index >= 15 is 0 Å². The Balaban J connectivity index is 1.57. The van der Waals surface area contributed by atoms with Crippen LogP contribution >= 0.6 is 0 Å². The van der Waals surface area contributed by atoms with Gasteiger partial charge in [-0.3, -0.25) is 9.69 Å². The summed E-state index contributed by atoms with van der Waals surface area (Å²) in [4.78, 5) is 15.1. The number of benzene rings is 2. The lowest BCUT2D eigenvalue weighted by molar-refractivity contribution is -0.135. The molecular weight excluding hydrogens is 379 g/mol. The smallest absolute Gasteiger partial charge is 0.238 e. The van der Waals surface area contributed by atoms with Crippen LogP contribution in [0.25, 0.3) is 0 Å². The Morgan fingerprint density at radius 2 is 1.93 bits per heavy atom. The van der Waals surface area contributed by atoms with Crippen LogP contribution < -0.4 is 5.32 Å². The Hall–Kier alpha value is -2.24. The zero-order chi connectivity index (χ0) is 21.3. The van der Waals surface area contributed by atoms with Crippen LogP contribution in [-0.4, -0.2) is 34.6 Å². The Kier molecular flexibility index (Phi) is 5.94. The van der Waals surface area contributed by atoms with Crippen molar-refractivity contribution in [2.75, 3.05) is 18.4 Å². The first kappa shape index (κ1) is 21.0. The van der Waals surface area contributed by atoms with Crippen molar-refractivity contribution in [2.24, 2.45) is 5.92 Å². The fourth-order valence-electron chi connectivity index (χ4n) is 5.35. The normalized spacial score (nSPS) is 26.8. The lowest BCUT2D eigenvalue weighted by Gasteiger charge is -2.52. The molecule has 1 heterocycles. The highest BCUT2D eigenvalue weighted by Crippen LogP contribution is 2.49. The van der Waals surface area contributed by atoms with Gasteiger partial charge in [-0.05, 0) is 62.4 Å². The molecule has 1 aliphatic carbocycles. The van der Waals surface area contributed by atoms with Crippen molar-refractivity contribution in [3.05, 3.63) is 65.0 Å². The Bertz CT molecular complexity index is 914. The third kappa shape index (κ3) is 4.28. The molecular formula is C25H31FN2O2. The van der Waals surface area contributed by atoms with Gasteiger partial charge in [0.2, 0.25) is 5.91 Å². The van der Waals surface area contributed by atoms with E-state index in [-0.39, 0.29) is 30.2 Å². The van der Waals surface area contributed by atoms with E-state index in [1.807, 2.05) is 26.0 Å².